The van der Waals surface area contributed by atoms with Crippen LogP contribution in [0.2, 0.25) is 0 Å². The summed E-state index contributed by atoms with van der Waals surface area (Å²) in [5.41, 5.74) is 12.1. The second-order valence-corrected chi connectivity index (χ2v) is 32.9. The predicted octanol–water partition coefficient (Wildman–Crippen LogP) is 0.327. The van der Waals surface area contributed by atoms with Crippen LogP contribution in [-0.2, 0) is 121 Å². The number of hydrogen-bond donors (Lipinski definition) is 11. The summed E-state index contributed by atoms with van der Waals surface area (Å²) in [6.07, 6.45) is -3.60. The third-order valence-corrected chi connectivity index (χ3v) is 23.6. The average Bonchev–Trinajstić information content (AvgIpc) is 0.826. The lowest BCUT2D eigenvalue weighted by molar-refractivity contribution is -0.256. The molecule has 5 fully saturated rings. The molecule has 14 N–H and O–H groups in total. The molecule has 5 aliphatic heterocycles. The molecule has 5 saturated heterocycles. The number of phenols is 2. The van der Waals surface area contributed by atoms with Gasteiger partial charge in [0, 0.05) is 127 Å². The maximum absolute atomic E-state index is 14.3. The number of ketones is 6. The number of carboxylic acid groups (broad SMARTS) is 2. The molecule has 0 unspecified atom stereocenters. The van der Waals surface area contributed by atoms with Crippen LogP contribution in [0.5, 0.6) is 17.2 Å². The molecule has 2 aromatic carbocycles. The molecule has 7 aliphatic rings. The largest absolute Gasteiger partial charge is 0.507 e. The van der Waals surface area contributed by atoms with Crippen LogP contribution < -0.4 is 37.9 Å². The lowest BCUT2D eigenvalue weighted by Crippen LogP contribution is -2.55. The second kappa shape index (κ2) is 53.7. The molecule has 2 aliphatic carbocycles. The molecular formula is C87H131N9O32. The van der Waals surface area contributed by atoms with Crippen molar-refractivity contribution in [3.05, 3.63) is 51.6 Å². The highest BCUT2D eigenvalue weighted by Crippen LogP contribution is 2.53. The maximum atomic E-state index is 14.3. The van der Waals surface area contributed by atoms with E-state index in [1.54, 1.807) is 13.8 Å². The fourth-order valence-electron chi connectivity index (χ4n) is 16.5. The minimum absolute atomic E-state index is 0.0277. The number of aliphatic carboxylic acids is 2. The van der Waals surface area contributed by atoms with Gasteiger partial charge < -0.3 is 135 Å². The van der Waals surface area contributed by atoms with E-state index in [2.05, 4.69) is 30.7 Å². The number of carboxylic acids is 2. The van der Waals surface area contributed by atoms with Crippen LogP contribution in [-0.4, -0.2) is 357 Å². The van der Waals surface area contributed by atoms with Gasteiger partial charge in [0.25, 0.3) is 5.91 Å². The number of carbonyl (C=O) groups is 13. The number of benzene rings is 2. The number of nitrogens with two attached hydrogens (primary N) is 3. The van der Waals surface area contributed by atoms with Crippen LogP contribution in [0.25, 0.3) is 0 Å². The number of piperidine rings is 2. The van der Waals surface area contributed by atoms with Crippen molar-refractivity contribution in [2.75, 3.05) is 185 Å². The van der Waals surface area contributed by atoms with Crippen LogP contribution in [0.15, 0.2) is 18.2 Å². The van der Waals surface area contributed by atoms with E-state index in [1.165, 1.54) is 39.3 Å². The zero-order valence-electron chi connectivity index (χ0n) is 74.0. The highest BCUT2D eigenvalue weighted by molar-refractivity contribution is 6.31. The molecule has 41 nitrogen and oxygen atoms in total. The summed E-state index contributed by atoms with van der Waals surface area (Å²) in [6, 6.07) is 2.27. The van der Waals surface area contributed by atoms with Crippen molar-refractivity contribution in [2.24, 2.45) is 40.9 Å². The first-order valence-electron chi connectivity index (χ1n) is 44.1. The van der Waals surface area contributed by atoms with Gasteiger partial charge in [-0.2, -0.15) is 0 Å². The SMILES string of the molecule is COc1cccc2c1C(=O)c1c(O)c3c(c(O)c1C2=O)C[C@@](O)(C(=O)NCCCC(=O)[C@H](C)NC(=O)[C@H](CC(N)=O)CC(=O)CCOCCOCCOCCOCCN1CCC(C(=O)O)CC1)C[C@@H]3O[C@H]1C[C@H]2[C@H](O[C@@H]3[C@@H](OC)OCCN32)[C@H](C)O1.C[C@H](NC(=O)[C@H](CC(N)=O)CC(=O)CCOCCOCCOCCOCCN1CCC(C(=O)O)CC1)C(=O)CCCN. The zero-order valence-corrected chi connectivity index (χ0v) is 74.0. The molecule has 0 bridgehead atoms. The fourth-order valence-corrected chi connectivity index (χ4v) is 16.5. The van der Waals surface area contributed by atoms with E-state index in [0.717, 1.165) is 39.3 Å². The Morgan fingerprint density at radius 1 is 0.586 bits per heavy atom. The molecule has 0 saturated carbocycles. The molecule has 41 heteroatoms. The number of phenolic OH excluding ortho intramolecular Hbond substituents is 2. The molecule has 5 heterocycles. The van der Waals surface area contributed by atoms with E-state index in [9.17, 15) is 77.6 Å². The van der Waals surface area contributed by atoms with Gasteiger partial charge in [0.2, 0.25) is 29.4 Å². The van der Waals surface area contributed by atoms with Crippen molar-refractivity contribution in [2.45, 2.75) is 191 Å². The molecule has 5 amide bonds. The molecule has 12 atom stereocenters. The highest BCUT2D eigenvalue weighted by atomic mass is 16.7. The van der Waals surface area contributed by atoms with Gasteiger partial charge in [-0.1, -0.05) is 12.1 Å². The topological polar surface area (TPSA) is 576 Å². The van der Waals surface area contributed by atoms with Gasteiger partial charge in [-0.3, -0.25) is 67.2 Å². The minimum Gasteiger partial charge on any atom is -0.507 e. The highest BCUT2D eigenvalue weighted by Gasteiger charge is 2.56. The quantitative estimate of drug-likeness (QED) is 0.0268. The number of nitrogens with zero attached hydrogens (tertiary/aromatic N) is 3. The Kier molecular flexibility index (Phi) is 43.9. The Balaban J connectivity index is 0.000000405. The van der Waals surface area contributed by atoms with Crippen LogP contribution in [0.4, 0.5) is 0 Å². The number of morpholine rings is 1. The molecule has 0 spiro atoms. The van der Waals surface area contributed by atoms with Gasteiger partial charge >= 0.3 is 11.9 Å². The number of primary amides is 2. The van der Waals surface area contributed by atoms with Crippen LogP contribution in [0.1, 0.15) is 173 Å². The average molecular weight is 1820 g/mol. The molecular weight excluding hydrogens is 1680 g/mol. The van der Waals surface area contributed by atoms with Crippen LogP contribution in [0, 0.1) is 23.7 Å². The summed E-state index contributed by atoms with van der Waals surface area (Å²) >= 11 is 0. The molecule has 0 aromatic heterocycles. The van der Waals surface area contributed by atoms with Crippen molar-refractivity contribution in [3.63, 3.8) is 0 Å². The van der Waals surface area contributed by atoms with Crippen molar-refractivity contribution >= 4 is 76.2 Å². The van der Waals surface area contributed by atoms with Crippen LogP contribution in [0.3, 0.4) is 0 Å². The number of nitrogens with one attached hydrogen (secondary N) is 3. The third kappa shape index (κ3) is 31.6. The van der Waals surface area contributed by atoms with Gasteiger partial charge in [0.05, 0.1) is 184 Å². The lowest BCUT2D eigenvalue weighted by atomic mass is 9.72. The summed E-state index contributed by atoms with van der Waals surface area (Å²) in [5.74, 6) is -12.0. The number of aromatic hydroxyl groups is 2. The van der Waals surface area contributed by atoms with E-state index in [4.69, 9.17) is 93.7 Å². The van der Waals surface area contributed by atoms with E-state index in [1.807, 2.05) is 0 Å². The Bertz CT molecular complexity index is 4030. The van der Waals surface area contributed by atoms with Crippen molar-refractivity contribution < 1.29 is 154 Å². The minimum atomic E-state index is -2.38. The third-order valence-electron chi connectivity index (χ3n) is 23.6. The Labute approximate surface area is 743 Å². The summed E-state index contributed by atoms with van der Waals surface area (Å²) in [6.45, 7) is 15.9. The van der Waals surface area contributed by atoms with E-state index >= 15 is 0 Å². The first kappa shape index (κ1) is 105. The number of ether oxygens (including phenoxy) is 14. The first-order chi connectivity index (χ1) is 61.4. The van der Waals surface area contributed by atoms with Gasteiger partial charge in [-0.05, 0) is 98.1 Å². The molecule has 128 heavy (non-hydrogen) atoms. The molecule has 0 radical (unpaired) electrons. The lowest BCUT2D eigenvalue weighted by Gasteiger charge is -2.43. The molecule has 9 rings (SSSR count). The number of methoxy groups -OCH3 is 2. The van der Waals surface area contributed by atoms with Gasteiger partial charge in [-0.25, -0.2) is 0 Å². The van der Waals surface area contributed by atoms with Crippen molar-refractivity contribution in [1.82, 2.24) is 30.7 Å². The number of fused-ring (bicyclic) bond motifs is 6. The second-order valence-electron chi connectivity index (χ2n) is 32.9. The number of hydrogen-bond acceptors (Lipinski definition) is 34. The number of Topliss-reactive ketones (excluding diaryl/α,β-unsaturated/α-hetero) is 4. The van der Waals surface area contributed by atoms with Gasteiger partial charge in [-0.15, -0.1) is 0 Å². The summed E-state index contributed by atoms with van der Waals surface area (Å²) in [5, 5.41) is 62.5. The predicted molar refractivity (Wildman–Crippen MR) is 451 cm³/mol. The number of amides is 5. The van der Waals surface area contributed by atoms with E-state index in [0.29, 0.717) is 124 Å². The molecule has 2 aromatic rings. The van der Waals surface area contributed by atoms with Crippen molar-refractivity contribution in [3.8, 4) is 17.2 Å². The number of likely N-dealkylation sites (tertiary alicyclic amines) is 2. The van der Waals surface area contributed by atoms with Gasteiger partial charge in [0.15, 0.2) is 36.2 Å². The number of rotatable bonds is 58. The Morgan fingerprint density at radius 2 is 1.05 bits per heavy atom. The maximum Gasteiger partial charge on any atom is 0.306 e. The van der Waals surface area contributed by atoms with Crippen molar-refractivity contribution in [1.29, 1.82) is 0 Å². The fraction of sp³-hybridized carbons (Fsp3) is 0.713. The monoisotopic (exact) mass is 1810 g/mol. The first-order valence-corrected chi connectivity index (χ1v) is 44.1. The van der Waals surface area contributed by atoms with Gasteiger partial charge in [0.1, 0.15) is 40.5 Å². The Hall–Kier alpha value is -8.57. The standard InChI is InChI=1S/C59H81N5O22.C28H50N4O10/c1-32(62-54(72)35(28-43(60)67)27-36(65)12-18-79-21-23-81-25-26-82-24-22-80-19-16-63-14-10-34(11-15-63)56(73)74)40(66)8-6-13-61-58(75)59(76)30-38-46(52(71)48-47(50(38)69)49(68)37-7-5-9-41(77-3)45(37)51(48)70)42(31-59)85-44-29-39-53(33(2)84-44)86-55-57(78-4)83-20-17-64(39)55;1-21(25(34)3-2-7-29)31-27(36)23(20-26(30)35)19-24(33)6-11-39-13-15-41-17-18-42-16-14-40-12-10-32-8-4-22(5-9-32)28(37)38/h5,7,9,32-35,39,42,44,53,55,57,69,71,76H,6,8,10-31H2,1-4H3,(H2,60,67)(H,61,75)(H,62,72)(H,73,74);21-23H,2-20,29H2,1H3,(H2,30,35)(H,31,36)(H,37,38)/t32-,33-,35-,39-,42-,44-,53+,55+,57-,59-;21-,23-/m00/s1. The van der Waals surface area contributed by atoms with E-state index < -0.39 is 167 Å². The smallest absolute Gasteiger partial charge is 0.306 e. The summed E-state index contributed by atoms with van der Waals surface area (Å²) in [7, 11) is 2.83. The summed E-state index contributed by atoms with van der Waals surface area (Å²) in [4.78, 5) is 171. The molecule has 716 valence electrons. The normalized spacial score (nSPS) is 22.2. The van der Waals surface area contributed by atoms with E-state index in [-0.39, 0.29) is 161 Å². The number of aliphatic hydroxyl groups is 1. The Morgan fingerprint density at radius 3 is 1.52 bits per heavy atom. The summed E-state index contributed by atoms with van der Waals surface area (Å²) < 4.78 is 80.0. The zero-order chi connectivity index (χ0) is 93.0. The number of carbonyl (C=O) groups excluding carboxylic acids is 11. The van der Waals surface area contributed by atoms with Crippen LogP contribution >= 0.6 is 0 Å².